The maximum atomic E-state index is 13.4. The van der Waals surface area contributed by atoms with Crippen molar-refractivity contribution in [1.29, 1.82) is 0 Å². The molecule has 0 aliphatic carbocycles. The fourth-order valence-corrected chi connectivity index (χ4v) is 4.25. The Labute approximate surface area is 241 Å². The second-order valence-electron chi connectivity index (χ2n) is 9.84. The SMILES string of the molecule is NCCCCC(NC(=O)C(Cc1c[nH]c2ccccc12)NC(=O)C(CCC(=O)O)NC(=O)C(N)CCC(=O)O)C(=O)O. The summed E-state index contributed by atoms with van der Waals surface area (Å²) in [6.07, 6.45) is 1.21. The highest BCUT2D eigenvalue weighted by Gasteiger charge is 2.31. The number of para-hydroxylation sites is 1. The lowest BCUT2D eigenvalue weighted by Gasteiger charge is -2.25. The molecule has 0 saturated carbocycles. The number of carbonyl (C=O) groups excluding carboxylic acids is 3. The molecule has 2 rings (SSSR count). The molecule has 42 heavy (non-hydrogen) atoms. The van der Waals surface area contributed by atoms with Gasteiger partial charge in [-0.15, -0.1) is 0 Å². The van der Waals surface area contributed by atoms with Crippen LogP contribution in [0.25, 0.3) is 10.9 Å². The average Bonchev–Trinajstić information content (AvgIpc) is 3.35. The minimum absolute atomic E-state index is 0.0611. The van der Waals surface area contributed by atoms with Crippen LogP contribution in [0.5, 0.6) is 0 Å². The minimum Gasteiger partial charge on any atom is -0.481 e. The van der Waals surface area contributed by atoms with Crippen LogP contribution in [0.2, 0.25) is 0 Å². The van der Waals surface area contributed by atoms with E-state index in [9.17, 15) is 33.9 Å². The summed E-state index contributed by atoms with van der Waals surface area (Å²) < 4.78 is 0. The third-order valence-corrected chi connectivity index (χ3v) is 6.58. The van der Waals surface area contributed by atoms with Gasteiger partial charge in [0.25, 0.3) is 0 Å². The third kappa shape index (κ3) is 10.8. The monoisotopic (exact) mass is 590 g/mol. The fourth-order valence-electron chi connectivity index (χ4n) is 4.25. The highest BCUT2D eigenvalue weighted by Crippen LogP contribution is 2.19. The van der Waals surface area contributed by atoms with E-state index in [1.165, 1.54) is 0 Å². The number of hydrogen-bond donors (Lipinski definition) is 9. The van der Waals surface area contributed by atoms with E-state index in [1.54, 1.807) is 18.3 Å². The van der Waals surface area contributed by atoms with Crippen LogP contribution in [-0.4, -0.2) is 86.6 Å². The van der Waals surface area contributed by atoms with Gasteiger partial charge in [0.05, 0.1) is 6.04 Å². The van der Waals surface area contributed by atoms with Gasteiger partial charge in [-0.1, -0.05) is 18.2 Å². The molecule has 230 valence electrons. The molecular weight excluding hydrogens is 552 g/mol. The number of rotatable bonds is 19. The van der Waals surface area contributed by atoms with Crippen molar-refractivity contribution in [1.82, 2.24) is 20.9 Å². The number of carboxylic acids is 3. The summed E-state index contributed by atoms with van der Waals surface area (Å²) in [6, 6.07) is 1.95. The molecule has 0 fully saturated rings. The number of aromatic nitrogens is 1. The standard InChI is InChI=1S/C27H38N6O9/c28-12-4-3-7-20(27(41)42)32-26(40)21(13-15-14-30-18-6-2-1-5-16(15)18)33-25(39)19(9-11-23(36)37)31-24(38)17(29)8-10-22(34)35/h1-2,5-6,14,17,19-21,30H,3-4,7-13,28-29H2,(H,31,38)(H,32,40)(H,33,39)(H,34,35)(H,36,37)(H,41,42). The lowest BCUT2D eigenvalue weighted by Crippen LogP contribution is -2.57. The molecular formula is C27H38N6O9. The van der Waals surface area contributed by atoms with Crippen molar-refractivity contribution in [3.8, 4) is 0 Å². The molecule has 11 N–H and O–H groups in total. The average molecular weight is 591 g/mol. The number of benzene rings is 1. The number of nitrogens with one attached hydrogen (secondary N) is 4. The fraction of sp³-hybridized carbons (Fsp3) is 0.481. The first-order valence-corrected chi connectivity index (χ1v) is 13.5. The number of carboxylic acid groups (broad SMARTS) is 3. The van der Waals surface area contributed by atoms with Crippen LogP contribution < -0.4 is 27.4 Å². The molecule has 0 radical (unpaired) electrons. The zero-order valence-electron chi connectivity index (χ0n) is 23.0. The number of aliphatic carboxylic acids is 3. The Morgan fingerprint density at radius 3 is 2.00 bits per heavy atom. The first kappa shape index (κ1) is 33.7. The van der Waals surface area contributed by atoms with E-state index < -0.39 is 72.6 Å². The van der Waals surface area contributed by atoms with E-state index in [4.69, 9.17) is 21.7 Å². The van der Waals surface area contributed by atoms with Crippen LogP contribution in [0, 0.1) is 0 Å². The second kappa shape index (κ2) is 16.7. The van der Waals surface area contributed by atoms with Crippen LogP contribution in [-0.2, 0) is 35.2 Å². The van der Waals surface area contributed by atoms with Crippen LogP contribution >= 0.6 is 0 Å². The Morgan fingerprint density at radius 2 is 1.36 bits per heavy atom. The molecule has 0 bridgehead atoms. The summed E-state index contributed by atoms with van der Waals surface area (Å²) in [7, 11) is 0. The predicted molar refractivity (Wildman–Crippen MR) is 150 cm³/mol. The minimum atomic E-state index is -1.43. The molecule has 1 aromatic heterocycles. The zero-order chi connectivity index (χ0) is 31.2. The van der Waals surface area contributed by atoms with Crippen molar-refractivity contribution in [3.63, 3.8) is 0 Å². The number of H-pyrrole nitrogens is 1. The van der Waals surface area contributed by atoms with E-state index in [0.29, 0.717) is 24.9 Å². The summed E-state index contributed by atoms with van der Waals surface area (Å²) in [5.41, 5.74) is 12.6. The molecule has 4 atom stereocenters. The molecule has 0 spiro atoms. The third-order valence-electron chi connectivity index (χ3n) is 6.58. The Kier molecular flexibility index (Phi) is 13.4. The van der Waals surface area contributed by atoms with Gasteiger partial charge in [-0.25, -0.2) is 4.79 Å². The molecule has 1 aromatic carbocycles. The van der Waals surface area contributed by atoms with Crippen molar-refractivity contribution in [2.24, 2.45) is 11.5 Å². The molecule has 2 aromatic rings. The van der Waals surface area contributed by atoms with E-state index >= 15 is 0 Å². The van der Waals surface area contributed by atoms with Crippen LogP contribution in [0.4, 0.5) is 0 Å². The Morgan fingerprint density at radius 1 is 0.762 bits per heavy atom. The number of fused-ring (bicyclic) bond motifs is 1. The molecule has 15 heteroatoms. The van der Waals surface area contributed by atoms with Gasteiger partial charge in [0.1, 0.15) is 18.1 Å². The van der Waals surface area contributed by atoms with Crippen molar-refractivity contribution >= 4 is 46.5 Å². The maximum Gasteiger partial charge on any atom is 0.326 e. The van der Waals surface area contributed by atoms with Crippen molar-refractivity contribution in [2.45, 2.75) is 75.5 Å². The largest absolute Gasteiger partial charge is 0.481 e. The van der Waals surface area contributed by atoms with Gasteiger partial charge in [0.15, 0.2) is 0 Å². The molecule has 4 unspecified atom stereocenters. The summed E-state index contributed by atoms with van der Waals surface area (Å²) in [4.78, 5) is 76.2. The van der Waals surface area contributed by atoms with E-state index in [-0.39, 0.29) is 25.7 Å². The number of aromatic amines is 1. The van der Waals surface area contributed by atoms with E-state index in [1.807, 2.05) is 12.1 Å². The smallest absolute Gasteiger partial charge is 0.326 e. The first-order chi connectivity index (χ1) is 19.9. The zero-order valence-corrected chi connectivity index (χ0v) is 23.0. The first-order valence-electron chi connectivity index (χ1n) is 13.5. The van der Waals surface area contributed by atoms with Crippen molar-refractivity contribution in [3.05, 3.63) is 36.0 Å². The summed E-state index contributed by atoms with van der Waals surface area (Å²) >= 11 is 0. The number of amides is 3. The normalized spacial score (nSPS) is 13.9. The molecule has 0 aliphatic heterocycles. The Balaban J connectivity index is 2.30. The molecule has 3 amide bonds. The maximum absolute atomic E-state index is 13.4. The number of nitrogens with two attached hydrogens (primary N) is 2. The Hall–Kier alpha value is -4.50. The molecule has 15 nitrogen and oxygen atoms in total. The van der Waals surface area contributed by atoms with Crippen molar-refractivity contribution in [2.75, 3.05) is 6.54 Å². The second-order valence-corrected chi connectivity index (χ2v) is 9.84. The van der Waals surface area contributed by atoms with Crippen LogP contribution in [0.1, 0.15) is 50.5 Å². The van der Waals surface area contributed by atoms with E-state index in [0.717, 1.165) is 10.9 Å². The van der Waals surface area contributed by atoms with Crippen LogP contribution in [0.3, 0.4) is 0 Å². The summed E-state index contributed by atoms with van der Waals surface area (Å²) in [5.74, 6) is -6.25. The van der Waals surface area contributed by atoms with Gasteiger partial charge >= 0.3 is 17.9 Å². The van der Waals surface area contributed by atoms with Crippen LogP contribution in [0.15, 0.2) is 30.5 Å². The molecule has 0 aliphatic rings. The lowest BCUT2D eigenvalue weighted by atomic mass is 10.0. The van der Waals surface area contributed by atoms with Gasteiger partial charge < -0.3 is 47.7 Å². The van der Waals surface area contributed by atoms with E-state index in [2.05, 4.69) is 20.9 Å². The van der Waals surface area contributed by atoms with Gasteiger partial charge in [-0.2, -0.15) is 0 Å². The van der Waals surface area contributed by atoms with Gasteiger partial charge in [-0.05, 0) is 50.3 Å². The van der Waals surface area contributed by atoms with Gasteiger partial charge in [0, 0.05) is 36.4 Å². The highest BCUT2D eigenvalue weighted by molar-refractivity contribution is 5.95. The molecule has 1 heterocycles. The predicted octanol–water partition coefficient (Wildman–Crippen LogP) is -0.565. The number of unbranched alkanes of at least 4 members (excludes halogenated alkanes) is 1. The lowest BCUT2D eigenvalue weighted by molar-refractivity contribution is -0.142. The summed E-state index contributed by atoms with van der Waals surface area (Å²) in [6.45, 7) is 0.350. The van der Waals surface area contributed by atoms with Gasteiger partial charge in [-0.3, -0.25) is 24.0 Å². The Bertz CT molecular complexity index is 1260. The van der Waals surface area contributed by atoms with Crippen molar-refractivity contribution < 1.29 is 44.1 Å². The quantitative estimate of drug-likeness (QED) is 0.0935. The topological polar surface area (TPSA) is 267 Å². The molecule has 0 saturated heterocycles. The summed E-state index contributed by atoms with van der Waals surface area (Å²) in [5, 5.41) is 35.7. The number of hydrogen-bond acceptors (Lipinski definition) is 8. The number of carbonyl (C=O) groups is 6. The highest BCUT2D eigenvalue weighted by atomic mass is 16.4. The van der Waals surface area contributed by atoms with Gasteiger partial charge in [0.2, 0.25) is 17.7 Å².